The van der Waals surface area contributed by atoms with Crippen LogP contribution in [0.15, 0.2) is 39.2 Å². The van der Waals surface area contributed by atoms with Crippen molar-refractivity contribution in [2.24, 2.45) is 0 Å². The van der Waals surface area contributed by atoms with E-state index in [1.807, 2.05) is 0 Å². The van der Waals surface area contributed by atoms with E-state index in [1.54, 1.807) is 24.3 Å². The Kier molecular flexibility index (Phi) is 3.26. The van der Waals surface area contributed by atoms with E-state index in [0.29, 0.717) is 21.6 Å². The molecule has 0 aliphatic carbocycles. The quantitative estimate of drug-likeness (QED) is 0.697. The molecule has 0 saturated carbocycles. The van der Waals surface area contributed by atoms with E-state index in [0.717, 1.165) is 0 Å². The summed E-state index contributed by atoms with van der Waals surface area (Å²) >= 11 is 3.14. The summed E-state index contributed by atoms with van der Waals surface area (Å²) in [5.74, 6) is 1.01. The Morgan fingerprint density at radius 3 is 2.65 bits per heavy atom. The number of furan rings is 1. The molecule has 0 bridgehead atoms. The molecule has 1 aromatic heterocycles. The fourth-order valence-corrected chi connectivity index (χ4v) is 1.95. The van der Waals surface area contributed by atoms with Gasteiger partial charge in [-0.2, -0.15) is 0 Å². The Morgan fingerprint density at radius 2 is 2.12 bits per heavy atom. The first kappa shape index (κ1) is 11.8. The van der Waals surface area contributed by atoms with E-state index >= 15 is 0 Å². The molecule has 0 aliphatic rings. The van der Waals surface area contributed by atoms with Crippen molar-refractivity contribution in [2.75, 3.05) is 0 Å². The summed E-state index contributed by atoms with van der Waals surface area (Å²) in [5.41, 5.74) is 0.713. The van der Waals surface area contributed by atoms with Gasteiger partial charge in [-0.3, -0.25) is 10.1 Å². The number of hydrogen-bond donors (Lipinski definition) is 1. The van der Waals surface area contributed by atoms with Crippen molar-refractivity contribution >= 4 is 21.6 Å². The van der Waals surface area contributed by atoms with Crippen molar-refractivity contribution in [3.8, 4) is 11.3 Å². The van der Waals surface area contributed by atoms with Crippen LogP contribution in [0, 0.1) is 10.1 Å². The van der Waals surface area contributed by atoms with E-state index < -0.39 is 4.92 Å². The molecule has 0 unspecified atom stereocenters. The minimum Gasteiger partial charge on any atom is -0.459 e. The minimum atomic E-state index is -0.463. The summed E-state index contributed by atoms with van der Waals surface area (Å²) in [6.07, 6.45) is 0. The Hall–Kier alpha value is -1.66. The molecule has 5 nitrogen and oxygen atoms in total. The third kappa shape index (κ3) is 2.37. The molecule has 2 rings (SSSR count). The number of aliphatic hydroxyl groups excluding tert-OH is 1. The highest BCUT2D eigenvalue weighted by molar-refractivity contribution is 9.10. The van der Waals surface area contributed by atoms with Crippen molar-refractivity contribution in [3.63, 3.8) is 0 Å². The van der Waals surface area contributed by atoms with Crippen LogP contribution in [0.1, 0.15) is 5.76 Å². The number of aliphatic hydroxyl groups is 1. The van der Waals surface area contributed by atoms with Crippen LogP contribution in [-0.4, -0.2) is 10.0 Å². The second-order valence-corrected chi connectivity index (χ2v) is 4.20. The topological polar surface area (TPSA) is 76.5 Å². The molecule has 0 amide bonds. The van der Waals surface area contributed by atoms with Crippen molar-refractivity contribution in [1.29, 1.82) is 0 Å². The Bertz CT molecular complexity index is 564. The zero-order chi connectivity index (χ0) is 12.4. The first-order valence-electron chi connectivity index (χ1n) is 4.75. The van der Waals surface area contributed by atoms with Gasteiger partial charge in [-0.15, -0.1) is 0 Å². The lowest BCUT2D eigenvalue weighted by molar-refractivity contribution is -0.385. The highest BCUT2D eigenvalue weighted by Gasteiger charge is 2.13. The van der Waals surface area contributed by atoms with Crippen LogP contribution < -0.4 is 0 Å². The van der Waals surface area contributed by atoms with Crippen LogP contribution >= 0.6 is 15.9 Å². The molecular weight excluding hydrogens is 290 g/mol. The zero-order valence-corrected chi connectivity index (χ0v) is 10.2. The number of benzene rings is 1. The number of halogens is 1. The van der Waals surface area contributed by atoms with Crippen molar-refractivity contribution < 1.29 is 14.4 Å². The molecule has 1 N–H and O–H groups in total. The second-order valence-electron chi connectivity index (χ2n) is 3.35. The monoisotopic (exact) mass is 297 g/mol. The van der Waals surface area contributed by atoms with Gasteiger partial charge < -0.3 is 9.52 Å². The predicted molar refractivity (Wildman–Crippen MR) is 64.4 cm³/mol. The first-order valence-corrected chi connectivity index (χ1v) is 5.55. The number of hydrogen-bond acceptors (Lipinski definition) is 4. The molecule has 17 heavy (non-hydrogen) atoms. The third-order valence-corrected chi connectivity index (χ3v) is 2.88. The Morgan fingerprint density at radius 1 is 1.35 bits per heavy atom. The van der Waals surface area contributed by atoms with E-state index in [1.165, 1.54) is 6.07 Å². The lowest BCUT2D eigenvalue weighted by Gasteiger charge is -1.99. The number of rotatable bonds is 3. The number of nitro groups is 1. The SMILES string of the molecule is O=[N+]([O-])c1ccc(-c2ccc(CO)o2)cc1Br. The summed E-state index contributed by atoms with van der Waals surface area (Å²) in [7, 11) is 0. The molecule has 1 heterocycles. The summed E-state index contributed by atoms with van der Waals surface area (Å²) < 4.78 is 5.72. The van der Waals surface area contributed by atoms with E-state index in [2.05, 4.69) is 15.9 Å². The number of nitro benzene ring substituents is 1. The van der Waals surface area contributed by atoms with Crippen LogP contribution in [0.3, 0.4) is 0 Å². The lowest BCUT2D eigenvalue weighted by Crippen LogP contribution is -1.89. The van der Waals surface area contributed by atoms with Gasteiger partial charge in [0.1, 0.15) is 18.1 Å². The molecule has 0 fully saturated rings. The summed E-state index contributed by atoms with van der Waals surface area (Å²) in [6, 6.07) is 7.98. The van der Waals surface area contributed by atoms with Gasteiger partial charge in [0.15, 0.2) is 0 Å². The van der Waals surface area contributed by atoms with Gasteiger partial charge in [-0.05, 0) is 40.2 Å². The van der Waals surface area contributed by atoms with Crippen LogP contribution in [0.25, 0.3) is 11.3 Å². The molecule has 1 aromatic carbocycles. The van der Waals surface area contributed by atoms with Gasteiger partial charge in [0.05, 0.1) is 9.40 Å². The van der Waals surface area contributed by atoms with Crippen molar-refractivity contribution in [1.82, 2.24) is 0 Å². The zero-order valence-electron chi connectivity index (χ0n) is 8.59. The lowest BCUT2D eigenvalue weighted by atomic mass is 10.1. The Balaban J connectivity index is 2.40. The fraction of sp³-hybridized carbons (Fsp3) is 0.0909. The molecule has 0 spiro atoms. The van der Waals surface area contributed by atoms with Gasteiger partial charge in [0.2, 0.25) is 0 Å². The standard InChI is InChI=1S/C11H8BrNO4/c12-9-5-7(1-3-10(9)13(15)16)11-4-2-8(6-14)17-11/h1-5,14H,6H2. The molecule has 88 valence electrons. The normalized spacial score (nSPS) is 10.5. The summed E-state index contributed by atoms with van der Waals surface area (Å²) in [5, 5.41) is 19.5. The molecular formula is C11H8BrNO4. The van der Waals surface area contributed by atoms with Gasteiger partial charge in [0.25, 0.3) is 5.69 Å². The van der Waals surface area contributed by atoms with Crippen LogP contribution in [0.4, 0.5) is 5.69 Å². The summed E-state index contributed by atoms with van der Waals surface area (Å²) in [6.45, 7) is -0.172. The third-order valence-electron chi connectivity index (χ3n) is 2.25. The minimum absolute atomic E-state index is 0.00249. The van der Waals surface area contributed by atoms with E-state index in [-0.39, 0.29) is 12.3 Å². The van der Waals surface area contributed by atoms with E-state index in [4.69, 9.17) is 9.52 Å². The highest BCUT2D eigenvalue weighted by atomic mass is 79.9. The Labute approximate surface area is 105 Å². The number of nitrogens with zero attached hydrogens (tertiary/aromatic N) is 1. The molecule has 6 heteroatoms. The predicted octanol–water partition coefficient (Wildman–Crippen LogP) is 3.11. The van der Waals surface area contributed by atoms with E-state index in [9.17, 15) is 10.1 Å². The fourth-order valence-electron chi connectivity index (χ4n) is 1.43. The van der Waals surface area contributed by atoms with Gasteiger partial charge >= 0.3 is 0 Å². The maximum absolute atomic E-state index is 10.6. The van der Waals surface area contributed by atoms with Crippen LogP contribution in [-0.2, 0) is 6.61 Å². The van der Waals surface area contributed by atoms with Crippen molar-refractivity contribution in [3.05, 3.63) is 50.7 Å². The van der Waals surface area contributed by atoms with Crippen LogP contribution in [0.5, 0.6) is 0 Å². The van der Waals surface area contributed by atoms with Crippen LogP contribution in [0.2, 0.25) is 0 Å². The van der Waals surface area contributed by atoms with Crippen molar-refractivity contribution in [2.45, 2.75) is 6.61 Å². The summed E-state index contributed by atoms with van der Waals surface area (Å²) in [4.78, 5) is 10.2. The molecule has 0 atom stereocenters. The largest absolute Gasteiger partial charge is 0.459 e. The van der Waals surface area contributed by atoms with Gasteiger partial charge in [-0.1, -0.05) is 0 Å². The van der Waals surface area contributed by atoms with Gasteiger partial charge in [0, 0.05) is 11.6 Å². The molecule has 0 saturated heterocycles. The van der Waals surface area contributed by atoms with Gasteiger partial charge in [-0.25, -0.2) is 0 Å². The maximum Gasteiger partial charge on any atom is 0.283 e. The molecule has 0 aliphatic heterocycles. The smallest absolute Gasteiger partial charge is 0.283 e. The maximum atomic E-state index is 10.6. The highest BCUT2D eigenvalue weighted by Crippen LogP contribution is 2.31. The first-order chi connectivity index (χ1) is 8.11. The average Bonchev–Trinajstić information content (AvgIpc) is 2.76. The average molecular weight is 298 g/mol. The second kappa shape index (κ2) is 4.68. The molecule has 0 radical (unpaired) electrons. The molecule has 2 aromatic rings.